The molecule has 2 fully saturated rings. The average molecular weight is 418 g/mol. The van der Waals surface area contributed by atoms with Crippen LogP contribution >= 0.6 is 0 Å². The maximum Gasteiger partial charge on any atom is 0.270 e. The van der Waals surface area contributed by atoms with Gasteiger partial charge in [0.25, 0.3) is 5.91 Å². The molecule has 2 aromatic heterocycles. The standard InChI is InChI=1S/C24H26N4O3/c1-16(29)27-11-5-7-18(13-27)20-8-4-10-25-23(20)31-19-14-28(15-19)24(30)22-12-17-6-2-3-9-21(17)26-22/h2-4,6,8-10,12,18-19,26H,5,7,11,13-15H2,1H3/t18-/m1/s1. The first-order valence-electron chi connectivity index (χ1n) is 10.8. The maximum atomic E-state index is 12.8. The summed E-state index contributed by atoms with van der Waals surface area (Å²) >= 11 is 0. The van der Waals surface area contributed by atoms with Gasteiger partial charge in [0.05, 0.1) is 13.1 Å². The molecule has 3 aromatic rings. The number of rotatable bonds is 4. The molecule has 1 N–H and O–H groups in total. The molecular formula is C24H26N4O3. The highest BCUT2D eigenvalue weighted by atomic mass is 16.5. The Morgan fingerprint density at radius 3 is 2.74 bits per heavy atom. The van der Waals surface area contributed by atoms with Crippen LogP contribution in [0.5, 0.6) is 5.88 Å². The number of para-hydroxylation sites is 1. The molecule has 1 aromatic carbocycles. The number of carbonyl (C=O) groups is 2. The van der Waals surface area contributed by atoms with Gasteiger partial charge in [-0.15, -0.1) is 0 Å². The smallest absolute Gasteiger partial charge is 0.270 e. The molecular weight excluding hydrogens is 392 g/mol. The molecule has 0 unspecified atom stereocenters. The lowest BCUT2D eigenvalue weighted by molar-refractivity contribution is -0.130. The maximum absolute atomic E-state index is 12.8. The van der Waals surface area contributed by atoms with Crippen LogP contribution in [0.3, 0.4) is 0 Å². The Kier molecular flexibility index (Phi) is 5.10. The highest BCUT2D eigenvalue weighted by Crippen LogP contribution is 2.33. The van der Waals surface area contributed by atoms with E-state index in [4.69, 9.17) is 4.74 Å². The van der Waals surface area contributed by atoms with Gasteiger partial charge < -0.3 is 19.5 Å². The van der Waals surface area contributed by atoms with Gasteiger partial charge in [0, 0.05) is 48.6 Å². The predicted molar refractivity (Wildman–Crippen MR) is 117 cm³/mol. The van der Waals surface area contributed by atoms with E-state index < -0.39 is 0 Å². The quantitative estimate of drug-likeness (QED) is 0.706. The van der Waals surface area contributed by atoms with Gasteiger partial charge in [0.1, 0.15) is 11.8 Å². The van der Waals surface area contributed by atoms with Gasteiger partial charge in [0.15, 0.2) is 0 Å². The zero-order valence-electron chi connectivity index (χ0n) is 17.6. The monoisotopic (exact) mass is 418 g/mol. The van der Waals surface area contributed by atoms with Crippen molar-refractivity contribution in [3.63, 3.8) is 0 Å². The first kappa shape index (κ1) is 19.6. The van der Waals surface area contributed by atoms with E-state index in [-0.39, 0.29) is 23.8 Å². The van der Waals surface area contributed by atoms with Crippen LogP contribution in [0.4, 0.5) is 0 Å². The van der Waals surface area contributed by atoms with Gasteiger partial charge in [-0.05, 0) is 31.0 Å². The third-order valence-corrected chi connectivity index (χ3v) is 6.28. The normalized spacial score (nSPS) is 19.3. The van der Waals surface area contributed by atoms with Crippen molar-refractivity contribution in [2.24, 2.45) is 0 Å². The summed E-state index contributed by atoms with van der Waals surface area (Å²) in [6, 6.07) is 13.7. The van der Waals surface area contributed by atoms with Crippen LogP contribution in [-0.4, -0.2) is 63.9 Å². The fraction of sp³-hybridized carbons (Fsp3) is 0.375. The zero-order valence-corrected chi connectivity index (χ0v) is 17.6. The first-order chi connectivity index (χ1) is 15.1. The molecule has 1 atom stereocenters. The van der Waals surface area contributed by atoms with Crippen LogP contribution in [0, 0.1) is 0 Å². The second-order valence-corrected chi connectivity index (χ2v) is 8.42. The Morgan fingerprint density at radius 2 is 1.94 bits per heavy atom. The largest absolute Gasteiger partial charge is 0.470 e. The molecule has 160 valence electrons. The molecule has 0 aliphatic carbocycles. The Bertz CT molecular complexity index is 1090. The molecule has 7 nitrogen and oxygen atoms in total. The van der Waals surface area contributed by atoms with Crippen LogP contribution in [0.2, 0.25) is 0 Å². The van der Waals surface area contributed by atoms with Gasteiger partial charge in [0.2, 0.25) is 11.8 Å². The average Bonchev–Trinajstić information content (AvgIpc) is 3.20. The molecule has 2 saturated heterocycles. The predicted octanol–water partition coefficient (Wildman–Crippen LogP) is 3.19. The van der Waals surface area contributed by atoms with Crippen molar-refractivity contribution in [2.45, 2.75) is 31.8 Å². The first-order valence-corrected chi connectivity index (χ1v) is 10.8. The van der Waals surface area contributed by atoms with Crippen molar-refractivity contribution in [3.8, 4) is 5.88 Å². The number of piperidine rings is 1. The van der Waals surface area contributed by atoms with E-state index in [1.54, 1.807) is 18.0 Å². The van der Waals surface area contributed by atoms with Crippen molar-refractivity contribution >= 4 is 22.7 Å². The molecule has 4 heterocycles. The molecule has 2 amide bonds. The molecule has 31 heavy (non-hydrogen) atoms. The van der Waals surface area contributed by atoms with Gasteiger partial charge in [-0.25, -0.2) is 4.98 Å². The topological polar surface area (TPSA) is 78.5 Å². The number of benzene rings is 1. The summed E-state index contributed by atoms with van der Waals surface area (Å²) in [4.78, 5) is 36.0. The minimum Gasteiger partial charge on any atom is -0.470 e. The summed E-state index contributed by atoms with van der Waals surface area (Å²) < 4.78 is 6.19. The third kappa shape index (κ3) is 3.87. The van der Waals surface area contributed by atoms with Crippen LogP contribution < -0.4 is 4.74 Å². The minimum atomic E-state index is -0.0746. The Hall–Kier alpha value is -3.35. The zero-order chi connectivity index (χ0) is 21.4. The molecule has 0 spiro atoms. The Morgan fingerprint density at radius 1 is 1.10 bits per heavy atom. The van der Waals surface area contributed by atoms with E-state index in [2.05, 4.69) is 9.97 Å². The lowest BCUT2D eigenvalue weighted by Crippen LogP contribution is -2.56. The van der Waals surface area contributed by atoms with Crippen molar-refractivity contribution in [3.05, 3.63) is 59.9 Å². The molecule has 0 saturated carbocycles. The SMILES string of the molecule is CC(=O)N1CCC[C@@H](c2cccnc2OC2CN(C(=O)c3cc4ccccc4[nH]3)C2)C1. The highest BCUT2D eigenvalue weighted by Gasteiger charge is 2.35. The number of likely N-dealkylation sites (tertiary alicyclic amines) is 2. The summed E-state index contributed by atoms with van der Waals surface area (Å²) in [7, 11) is 0. The van der Waals surface area contributed by atoms with Crippen molar-refractivity contribution in [1.29, 1.82) is 0 Å². The van der Waals surface area contributed by atoms with E-state index >= 15 is 0 Å². The number of nitrogens with one attached hydrogen (secondary N) is 1. The molecule has 0 radical (unpaired) electrons. The summed E-state index contributed by atoms with van der Waals surface area (Å²) in [5.74, 6) is 0.953. The van der Waals surface area contributed by atoms with E-state index in [1.165, 1.54) is 0 Å². The lowest BCUT2D eigenvalue weighted by Gasteiger charge is -2.39. The summed E-state index contributed by atoms with van der Waals surface area (Å²) in [5, 5.41) is 1.03. The van der Waals surface area contributed by atoms with Crippen LogP contribution in [-0.2, 0) is 4.79 Å². The van der Waals surface area contributed by atoms with Gasteiger partial charge in [-0.2, -0.15) is 0 Å². The summed E-state index contributed by atoms with van der Waals surface area (Å²) in [6.07, 6.45) is 3.65. The number of aromatic amines is 1. The lowest BCUT2D eigenvalue weighted by atomic mass is 9.91. The number of hydrogen-bond donors (Lipinski definition) is 1. The number of hydrogen-bond acceptors (Lipinski definition) is 4. The summed E-state index contributed by atoms with van der Waals surface area (Å²) in [5.41, 5.74) is 2.61. The Labute approximate surface area is 181 Å². The van der Waals surface area contributed by atoms with Gasteiger partial charge in [-0.3, -0.25) is 9.59 Å². The number of fused-ring (bicyclic) bond motifs is 1. The molecule has 2 aliphatic rings. The molecule has 0 bridgehead atoms. The highest BCUT2D eigenvalue weighted by molar-refractivity contribution is 5.98. The number of amides is 2. The Balaban J connectivity index is 1.23. The summed E-state index contributed by atoms with van der Waals surface area (Å²) in [6.45, 7) is 4.21. The number of H-pyrrole nitrogens is 1. The van der Waals surface area contributed by atoms with Crippen LogP contribution in [0.15, 0.2) is 48.7 Å². The second-order valence-electron chi connectivity index (χ2n) is 8.42. The van der Waals surface area contributed by atoms with Crippen molar-refractivity contribution in [2.75, 3.05) is 26.2 Å². The minimum absolute atomic E-state index is 0.0123. The third-order valence-electron chi connectivity index (χ3n) is 6.28. The van der Waals surface area contributed by atoms with E-state index in [9.17, 15) is 9.59 Å². The second kappa shape index (κ2) is 8.06. The van der Waals surface area contributed by atoms with Crippen molar-refractivity contribution in [1.82, 2.24) is 19.8 Å². The number of carbonyl (C=O) groups excluding carboxylic acids is 2. The molecule has 2 aliphatic heterocycles. The fourth-order valence-corrected chi connectivity index (χ4v) is 4.52. The number of pyridine rings is 1. The number of ether oxygens (including phenoxy) is 1. The van der Waals surface area contributed by atoms with E-state index in [0.717, 1.165) is 35.9 Å². The molecule has 7 heteroatoms. The fourth-order valence-electron chi connectivity index (χ4n) is 4.52. The number of aromatic nitrogens is 2. The van der Waals surface area contributed by atoms with Gasteiger partial charge >= 0.3 is 0 Å². The van der Waals surface area contributed by atoms with E-state index in [1.807, 2.05) is 47.4 Å². The van der Waals surface area contributed by atoms with Crippen LogP contribution in [0.1, 0.15) is 41.7 Å². The van der Waals surface area contributed by atoms with Crippen LogP contribution in [0.25, 0.3) is 10.9 Å². The van der Waals surface area contributed by atoms with Gasteiger partial charge in [-0.1, -0.05) is 24.3 Å². The van der Waals surface area contributed by atoms with Crippen molar-refractivity contribution < 1.29 is 14.3 Å². The molecule has 5 rings (SSSR count). The van der Waals surface area contributed by atoms with E-state index in [0.29, 0.717) is 31.2 Å². The number of nitrogens with zero attached hydrogens (tertiary/aromatic N) is 3.